The van der Waals surface area contributed by atoms with Crippen molar-refractivity contribution in [2.24, 2.45) is 5.92 Å². The molecule has 19 heavy (non-hydrogen) atoms. The Morgan fingerprint density at radius 3 is 2.74 bits per heavy atom. The van der Waals surface area contributed by atoms with Gasteiger partial charge < -0.3 is 4.74 Å². The van der Waals surface area contributed by atoms with E-state index in [-0.39, 0.29) is 5.92 Å². The molecule has 2 atom stereocenters. The fourth-order valence-electron chi connectivity index (χ4n) is 2.32. The van der Waals surface area contributed by atoms with Gasteiger partial charge in [0.1, 0.15) is 0 Å². The van der Waals surface area contributed by atoms with Gasteiger partial charge >= 0.3 is 0 Å². The molecule has 1 aliphatic rings. The maximum Gasteiger partial charge on any atom is 0.235 e. The molecule has 1 aromatic carbocycles. The molecule has 1 aromatic rings. The van der Waals surface area contributed by atoms with Crippen LogP contribution >= 0.6 is 33.9 Å². The maximum absolute atomic E-state index is 11.6. The van der Waals surface area contributed by atoms with Gasteiger partial charge in [0.15, 0.2) is 0 Å². The Labute approximate surface area is 127 Å². The molecule has 1 fully saturated rings. The predicted octanol–water partition coefficient (Wildman–Crippen LogP) is 3.51. The second-order valence-electron chi connectivity index (χ2n) is 4.58. The minimum absolute atomic E-state index is 0.202. The average molecular weight is 344 g/mol. The zero-order valence-electron chi connectivity index (χ0n) is 9.98. The van der Waals surface area contributed by atoms with E-state index < -0.39 is 14.3 Å². The lowest BCUT2D eigenvalue weighted by Gasteiger charge is -2.29. The minimum Gasteiger partial charge on any atom is -0.381 e. The maximum atomic E-state index is 11.6. The molecule has 106 valence electrons. The number of hydrogen-bond donors (Lipinski definition) is 0. The fourth-order valence-corrected chi connectivity index (χ4v) is 4.43. The van der Waals surface area contributed by atoms with Gasteiger partial charge in [-0.05, 0) is 36.6 Å². The van der Waals surface area contributed by atoms with Crippen LogP contribution in [0.2, 0.25) is 10.0 Å². The first-order valence-electron chi connectivity index (χ1n) is 5.83. The largest absolute Gasteiger partial charge is 0.381 e. The van der Waals surface area contributed by atoms with Crippen LogP contribution in [0.3, 0.4) is 0 Å². The number of ether oxygens (including phenoxy) is 1. The highest BCUT2D eigenvalue weighted by atomic mass is 35.7. The van der Waals surface area contributed by atoms with Crippen molar-refractivity contribution >= 4 is 42.9 Å². The SMILES string of the molecule is O=S(=O)(Cl)[C@H]1CCOC[C@H]1Cc1cc(Cl)ccc1Cl. The number of benzene rings is 1. The molecule has 0 bridgehead atoms. The highest BCUT2D eigenvalue weighted by molar-refractivity contribution is 8.14. The van der Waals surface area contributed by atoms with E-state index in [1.807, 2.05) is 0 Å². The van der Waals surface area contributed by atoms with Crippen LogP contribution in [0.5, 0.6) is 0 Å². The second-order valence-corrected chi connectivity index (χ2v) is 8.27. The Morgan fingerprint density at radius 1 is 1.32 bits per heavy atom. The summed E-state index contributed by atoms with van der Waals surface area (Å²) in [6.07, 6.45) is 0.894. The summed E-state index contributed by atoms with van der Waals surface area (Å²) in [6.45, 7) is 0.774. The summed E-state index contributed by atoms with van der Waals surface area (Å²) < 4.78 is 28.5. The lowest BCUT2D eigenvalue weighted by Crippen LogP contribution is -2.37. The van der Waals surface area contributed by atoms with Gasteiger partial charge in [-0.3, -0.25) is 0 Å². The third-order valence-corrected chi connectivity index (χ3v) is 5.89. The van der Waals surface area contributed by atoms with Crippen LogP contribution in [0.25, 0.3) is 0 Å². The van der Waals surface area contributed by atoms with Crippen molar-refractivity contribution in [1.29, 1.82) is 0 Å². The molecular formula is C12H13Cl3O3S. The molecule has 0 aromatic heterocycles. The predicted molar refractivity (Wildman–Crippen MR) is 77.7 cm³/mol. The van der Waals surface area contributed by atoms with Gasteiger partial charge in [-0.25, -0.2) is 8.42 Å². The Kier molecular flexibility index (Phi) is 5.01. The number of hydrogen-bond acceptors (Lipinski definition) is 3. The summed E-state index contributed by atoms with van der Waals surface area (Å²) in [6, 6.07) is 5.14. The van der Waals surface area contributed by atoms with Crippen molar-refractivity contribution in [1.82, 2.24) is 0 Å². The molecule has 0 amide bonds. The molecule has 3 nitrogen and oxygen atoms in total. The van der Waals surface area contributed by atoms with Crippen molar-refractivity contribution in [3.05, 3.63) is 33.8 Å². The normalized spacial score (nSPS) is 24.4. The first-order chi connectivity index (χ1) is 8.88. The van der Waals surface area contributed by atoms with Crippen LogP contribution in [0.1, 0.15) is 12.0 Å². The van der Waals surface area contributed by atoms with E-state index in [4.69, 9.17) is 38.6 Å². The lowest BCUT2D eigenvalue weighted by molar-refractivity contribution is 0.0577. The molecule has 2 rings (SSSR count). The molecule has 0 saturated carbocycles. The van der Waals surface area contributed by atoms with Gasteiger partial charge in [0.25, 0.3) is 0 Å². The summed E-state index contributed by atoms with van der Waals surface area (Å²) in [5.41, 5.74) is 0.815. The van der Waals surface area contributed by atoms with Crippen molar-refractivity contribution in [3.63, 3.8) is 0 Å². The van der Waals surface area contributed by atoms with Crippen LogP contribution in [0.4, 0.5) is 0 Å². The lowest BCUT2D eigenvalue weighted by atomic mass is 9.93. The third kappa shape index (κ3) is 3.99. The third-order valence-electron chi connectivity index (χ3n) is 3.26. The quantitative estimate of drug-likeness (QED) is 0.789. The van der Waals surface area contributed by atoms with Crippen LogP contribution < -0.4 is 0 Å². The van der Waals surface area contributed by atoms with E-state index >= 15 is 0 Å². The Morgan fingerprint density at radius 2 is 2.05 bits per heavy atom. The zero-order valence-corrected chi connectivity index (χ0v) is 13.1. The monoisotopic (exact) mass is 342 g/mol. The van der Waals surface area contributed by atoms with E-state index in [1.165, 1.54) is 0 Å². The molecule has 1 aliphatic heterocycles. The molecule has 0 unspecified atom stereocenters. The summed E-state index contributed by atoms with van der Waals surface area (Å²) in [5, 5.41) is 0.542. The van der Waals surface area contributed by atoms with Gasteiger partial charge in [0, 0.05) is 33.3 Å². The summed E-state index contributed by atoms with van der Waals surface area (Å²) >= 11 is 12.0. The molecule has 1 saturated heterocycles. The smallest absolute Gasteiger partial charge is 0.235 e. The summed E-state index contributed by atoms with van der Waals surface area (Å²) in [7, 11) is 1.90. The first kappa shape index (κ1) is 15.4. The minimum atomic E-state index is -3.60. The number of halogens is 3. The van der Waals surface area contributed by atoms with Crippen LogP contribution in [-0.2, 0) is 20.2 Å². The number of rotatable bonds is 3. The zero-order chi connectivity index (χ0) is 14.0. The van der Waals surface area contributed by atoms with Gasteiger partial charge in [0.2, 0.25) is 9.05 Å². The Bertz CT molecular complexity index is 559. The van der Waals surface area contributed by atoms with Gasteiger partial charge in [0.05, 0.1) is 11.9 Å². The van der Waals surface area contributed by atoms with Crippen LogP contribution in [0, 0.1) is 5.92 Å². The summed E-state index contributed by atoms with van der Waals surface area (Å²) in [5.74, 6) is -0.202. The average Bonchev–Trinajstić information content (AvgIpc) is 2.33. The summed E-state index contributed by atoms with van der Waals surface area (Å²) in [4.78, 5) is 0. The van der Waals surface area contributed by atoms with Crippen molar-refractivity contribution in [2.75, 3.05) is 13.2 Å². The molecule has 0 N–H and O–H groups in total. The molecule has 0 aliphatic carbocycles. The van der Waals surface area contributed by atoms with E-state index in [2.05, 4.69) is 0 Å². The molecule has 1 heterocycles. The van der Waals surface area contributed by atoms with Gasteiger partial charge in [-0.15, -0.1) is 0 Å². The van der Waals surface area contributed by atoms with Crippen LogP contribution in [0.15, 0.2) is 18.2 Å². The van der Waals surface area contributed by atoms with Crippen molar-refractivity contribution in [2.45, 2.75) is 18.1 Å². The molecular weight excluding hydrogens is 331 g/mol. The second kappa shape index (κ2) is 6.19. The standard InChI is InChI=1S/C12H13Cl3O3S/c13-10-1-2-11(14)8(6-10)5-9-7-18-4-3-12(9)19(15,16)17/h1-2,6,9,12H,3-5,7H2/t9-,12+/m1/s1. The van der Waals surface area contributed by atoms with Crippen molar-refractivity contribution in [3.8, 4) is 0 Å². The molecule has 7 heteroatoms. The highest BCUT2D eigenvalue weighted by Gasteiger charge is 2.35. The van der Waals surface area contributed by atoms with Gasteiger partial charge in [-0.2, -0.15) is 0 Å². The van der Waals surface area contributed by atoms with Crippen LogP contribution in [-0.4, -0.2) is 26.9 Å². The van der Waals surface area contributed by atoms with E-state index in [9.17, 15) is 8.42 Å². The van der Waals surface area contributed by atoms with Gasteiger partial charge in [-0.1, -0.05) is 23.2 Å². The Balaban J connectivity index is 2.22. The molecule has 0 radical (unpaired) electrons. The van der Waals surface area contributed by atoms with E-state index in [1.54, 1.807) is 18.2 Å². The Hall–Kier alpha value is -0.000000000000000167. The van der Waals surface area contributed by atoms with Crippen molar-refractivity contribution < 1.29 is 13.2 Å². The fraction of sp³-hybridized carbons (Fsp3) is 0.500. The van der Waals surface area contributed by atoms with E-state index in [0.717, 1.165) is 5.56 Å². The highest BCUT2D eigenvalue weighted by Crippen LogP contribution is 2.30. The molecule has 0 spiro atoms. The topological polar surface area (TPSA) is 43.4 Å². The van der Waals surface area contributed by atoms with E-state index in [0.29, 0.717) is 36.1 Å². The first-order valence-corrected chi connectivity index (χ1v) is 8.96.